The van der Waals surface area contributed by atoms with Gasteiger partial charge in [-0.2, -0.15) is 9.90 Å². The molecule has 0 heterocycles. The fraction of sp³-hybridized carbons (Fsp3) is 0.125. The van der Waals surface area contributed by atoms with Crippen molar-refractivity contribution in [3.05, 3.63) is 29.8 Å². The zero-order chi connectivity index (χ0) is 8.27. The second-order valence-corrected chi connectivity index (χ2v) is 2.17. The lowest BCUT2D eigenvalue weighted by Gasteiger charge is -1.96. The number of benzene rings is 1. The second kappa shape index (κ2) is 3.05. The van der Waals surface area contributed by atoms with E-state index < -0.39 is 6.16 Å². The van der Waals surface area contributed by atoms with Crippen LogP contribution < -0.4 is 4.74 Å². The fourth-order valence-corrected chi connectivity index (χ4v) is 0.703. The van der Waals surface area contributed by atoms with Crippen LogP contribution in [-0.4, -0.2) is 6.16 Å². The van der Waals surface area contributed by atoms with Crippen molar-refractivity contribution >= 4 is 6.16 Å². The molecule has 0 saturated carbocycles. The molecular formula is C8H7O3. The SMILES string of the molecule is Cc1ccc(OC([O])=O)cc1. The van der Waals surface area contributed by atoms with Crippen molar-refractivity contribution in [2.75, 3.05) is 0 Å². The van der Waals surface area contributed by atoms with Gasteiger partial charge in [-0.1, -0.05) is 17.7 Å². The van der Waals surface area contributed by atoms with Gasteiger partial charge in [0.25, 0.3) is 0 Å². The summed E-state index contributed by atoms with van der Waals surface area (Å²) >= 11 is 0. The van der Waals surface area contributed by atoms with Gasteiger partial charge in [-0.3, -0.25) is 0 Å². The molecule has 0 aliphatic carbocycles. The molecule has 3 nitrogen and oxygen atoms in total. The van der Waals surface area contributed by atoms with Crippen molar-refractivity contribution in [3.8, 4) is 5.75 Å². The molecular weight excluding hydrogens is 144 g/mol. The van der Waals surface area contributed by atoms with Gasteiger partial charge in [0.15, 0.2) is 0 Å². The van der Waals surface area contributed by atoms with Crippen LogP contribution in [0.15, 0.2) is 24.3 Å². The van der Waals surface area contributed by atoms with Crippen molar-refractivity contribution in [2.24, 2.45) is 0 Å². The highest BCUT2D eigenvalue weighted by atomic mass is 16.7. The topological polar surface area (TPSA) is 46.2 Å². The first-order chi connectivity index (χ1) is 5.18. The van der Waals surface area contributed by atoms with Crippen molar-refractivity contribution < 1.29 is 14.6 Å². The molecule has 0 amide bonds. The third-order valence-corrected chi connectivity index (χ3v) is 1.22. The van der Waals surface area contributed by atoms with Crippen LogP contribution in [0.25, 0.3) is 0 Å². The Morgan fingerprint density at radius 1 is 1.27 bits per heavy atom. The van der Waals surface area contributed by atoms with Gasteiger partial charge < -0.3 is 4.74 Å². The average Bonchev–Trinajstić information content (AvgIpc) is 1.93. The third kappa shape index (κ3) is 2.29. The molecule has 0 unspecified atom stereocenters. The molecule has 0 fully saturated rings. The van der Waals surface area contributed by atoms with Gasteiger partial charge in [0.05, 0.1) is 0 Å². The van der Waals surface area contributed by atoms with E-state index in [1.54, 1.807) is 24.3 Å². The number of carbonyl (C=O) groups is 1. The highest BCUT2D eigenvalue weighted by Gasteiger charge is 2.00. The van der Waals surface area contributed by atoms with E-state index in [1.807, 2.05) is 6.92 Å². The van der Waals surface area contributed by atoms with E-state index in [9.17, 15) is 9.90 Å². The lowest BCUT2D eigenvalue weighted by Crippen LogP contribution is -2.00. The molecule has 1 rings (SSSR count). The van der Waals surface area contributed by atoms with E-state index in [0.29, 0.717) is 0 Å². The van der Waals surface area contributed by atoms with Crippen molar-refractivity contribution in [3.63, 3.8) is 0 Å². The maximum atomic E-state index is 9.92. The van der Waals surface area contributed by atoms with Crippen LogP contribution in [0.1, 0.15) is 5.56 Å². The number of ether oxygens (including phenoxy) is 1. The Morgan fingerprint density at radius 3 is 2.27 bits per heavy atom. The maximum absolute atomic E-state index is 9.92. The van der Waals surface area contributed by atoms with Crippen molar-refractivity contribution in [1.82, 2.24) is 0 Å². The molecule has 57 valence electrons. The third-order valence-electron chi connectivity index (χ3n) is 1.22. The quantitative estimate of drug-likeness (QED) is 0.454. The summed E-state index contributed by atoms with van der Waals surface area (Å²) < 4.78 is 4.27. The molecule has 0 spiro atoms. The number of hydrogen-bond acceptors (Lipinski definition) is 2. The summed E-state index contributed by atoms with van der Waals surface area (Å²) in [6.07, 6.45) is -1.53. The molecule has 1 radical (unpaired) electrons. The number of rotatable bonds is 1. The van der Waals surface area contributed by atoms with Crippen LogP contribution >= 0.6 is 0 Å². The summed E-state index contributed by atoms with van der Waals surface area (Å²) in [5, 5.41) is 9.92. The number of hydrogen-bond donors (Lipinski definition) is 0. The Kier molecular flexibility index (Phi) is 2.11. The number of carbonyl (C=O) groups excluding carboxylic acids is 1. The molecule has 0 saturated heterocycles. The molecule has 0 aromatic heterocycles. The molecule has 0 aliphatic rings. The van der Waals surface area contributed by atoms with E-state index in [1.165, 1.54) is 0 Å². The average molecular weight is 151 g/mol. The Morgan fingerprint density at radius 2 is 1.82 bits per heavy atom. The molecule has 0 atom stereocenters. The zero-order valence-electron chi connectivity index (χ0n) is 6.03. The summed E-state index contributed by atoms with van der Waals surface area (Å²) in [7, 11) is 0. The van der Waals surface area contributed by atoms with E-state index in [2.05, 4.69) is 4.74 Å². The minimum Gasteiger partial charge on any atom is -0.392 e. The Labute approximate surface area is 64.2 Å². The molecule has 1 aromatic rings. The van der Waals surface area contributed by atoms with Crippen LogP contribution in [0.2, 0.25) is 0 Å². The summed E-state index contributed by atoms with van der Waals surface area (Å²) in [5.41, 5.74) is 1.05. The fourth-order valence-electron chi connectivity index (χ4n) is 0.703. The Hall–Kier alpha value is -1.51. The van der Waals surface area contributed by atoms with Crippen molar-refractivity contribution in [1.29, 1.82) is 0 Å². The summed E-state index contributed by atoms with van der Waals surface area (Å²) in [6, 6.07) is 6.67. The van der Waals surface area contributed by atoms with Crippen LogP contribution in [0.4, 0.5) is 4.79 Å². The summed E-state index contributed by atoms with van der Waals surface area (Å²) in [4.78, 5) is 9.92. The Bertz CT molecular complexity index is 251. The highest BCUT2D eigenvalue weighted by Crippen LogP contribution is 2.10. The highest BCUT2D eigenvalue weighted by molar-refractivity contribution is 5.60. The van der Waals surface area contributed by atoms with Gasteiger partial charge in [-0.05, 0) is 19.1 Å². The van der Waals surface area contributed by atoms with E-state index in [-0.39, 0.29) is 5.75 Å². The first kappa shape index (κ1) is 7.60. The van der Waals surface area contributed by atoms with E-state index in [0.717, 1.165) is 5.56 Å². The monoisotopic (exact) mass is 151 g/mol. The van der Waals surface area contributed by atoms with Gasteiger partial charge in [0.2, 0.25) is 0 Å². The van der Waals surface area contributed by atoms with Gasteiger partial charge in [0.1, 0.15) is 5.75 Å². The molecule has 0 aliphatic heterocycles. The van der Waals surface area contributed by atoms with Gasteiger partial charge in [0, 0.05) is 0 Å². The molecule has 1 aromatic carbocycles. The molecule has 0 bridgehead atoms. The first-order valence-corrected chi connectivity index (χ1v) is 3.14. The zero-order valence-corrected chi connectivity index (χ0v) is 6.03. The predicted molar refractivity (Wildman–Crippen MR) is 37.9 cm³/mol. The lowest BCUT2D eigenvalue weighted by molar-refractivity contribution is 0.117. The van der Waals surface area contributed by atoms with Gasteiger partial charge in [-0.25, -0.2) is 0 Å². The van der Waals surface area contributed by atoms with Crippen LogP contribution in [0.5, 0.6) is 5.75 Å². The van der Waals surface area contributed by atoms with Crippen LogP contribution in [0, 0.1) is 6.92 Å². The minimum atomic E-state index is -1.53. The molecule has 11 heavy (non-hydrogen) atoms. The standard InChI is InChI=1S/C8H7O3/c1-6-2-4-7(5-3-6)11-8(9)10/h2-5H,1H3. The smallest absolute Gasteiger partial charge is 0.392 e. The van der Waals surface area contributed by atoms with E-state index >= 15 is 0 Å². The van der Waals surface area contributed by atoms with Gasteiger partial charge >= 0.3 is 6.16 Å². The van der Waals surface area contributed by atoms with Crippen LogP contribution in [0.3, 0.4) is 0 Å². The van der Waals surface area contributed by atoms with Gasteiger partial charge in [-0.15, -0.1) is 0 Å². The van der Waals surface area contributed by atoms with E-state index in [4.69, 9.17) is 0 Å². The summed E-state index contributed by atoms with van der Waals surface area (Å²) in [6.45, 7) is 1.91. The minimum absolute atomic E-state index is 0.288. The van der Waals surface area contributed by atoms with Crippen molar-refractivity contribution in [2.45, 2.75) is 6.92 Å². The Balaban J connectivity index is 2.74. The lowest BCUT2D eigenvalue weighted by atomic mass is 10.2. The maximum Gasteiger partial charge on any atom is 0.555 e. The largest absolute Gasteiger partial charge is 0.555 e. The predicted octanol–water partition coefficient (Wildman–Crippen LogP) is 1.92. The van der Waals surface area contributed by atoms with Crippen LogP contribution in [-0.2, 0) is 5.11 Å². The first-order valence-electron chi connectivity index (χ1n) is 3.14. The molecule has 0 N–H and O–H groups in total. The second-order valence-electron chi connectivity index (χ2n) is 2.17. The number of aryl methyl sites for hydroxylation is 1. The molecule has 3 heteroatoms. The normalized spacial score (nSPS) is 9.18. The summed E-state index contributed by atoms with van der Waals surface area (Å²) in [5.74, 6) is 0.288.